The third kappa shape index (κ3) is 3.29. The summed E-state index contributed by atoms with van der Waals surface area (Å²) in [6.07, 6.45) is 0. The largest absolute Gasteiger partial charge is 0.507 e. The van der Waals surface area contributed by atoms with Gasteiger partial charge in [-0.3, -0.25) is 0 Å². The fourth-order valence-corrected chi connectivity index (χ4v) is 3.13. The van der Waals surface area contributed by atoms with Crippen molar-refractivity contribution in [1.29, 1.82) is 0 Å². The zero-order valence-electron chi connectivity index (χ0n) is 11.7. The minimum absolute atomic E-state index is 0.0597. The van der Waals surface area contributed by atoms with Gasteiger partial charge in [0.1, 0.15) is 11.4 Å². The molecule has 5 heteroatoms. The molecular formula is C16H15Cl3O2. The summed E-state index contributed by atoms with van der Waals surface area (Å²) in [5.74, 6) is 0.0597. The van der Waals surface area contributed by atoms with Crippen molar-refractivity contribution in [1.82, 2.24) is 0 Å². The Balaban J connectivity index is 2.64. The van der Waals surface area contributed by atoms with Crippen LogP contribution in [-0.4, -0.2) is 11.7 Å². The maximum absolute atomic E-state index is 10.2. The Bertz CT molecular complexity index is 604. The van der Waals surface area contributed by atoms with Gasteiger partial charge < -0.3 is 9.84 Å². The van der Waals surface area contributed by atoms with Crippen molar-refractivity contribution in [3.8, 4) is 5.75 Å². The van der Waals surface area contributed by atoms with Crippen LogP contribution >= 0.6 is 34.8 Å². The molecule has 2 nitrogen and oxygen atoms in total. The molecule has 0 aliphatic rings. The Labute approximate surface area is 139 Å². The van der Waals surface area contributed by atoms with Gasteiger partial charge in [-0.1, -0.05) is 46.9 Å². The normalized spacial score (nSPS) is 14.0. The molecule has 1 atom stereocenters. The lowest BCUT2D eigenvalue weighted by molar-refractivity contribution is 0.00257. The molecule has 2 aromatic carbocycles. The summed E-state index contributed by atoms with van der Waals surface area (Å²) >= 11 is 18.2. The molecule has 2 aromatic rings. The van der Waals surface area contributed by atoms with E-state index in [-0.39, 0.29) is 5.75 Å². The maximum atomic E-state index is 10.2. The van der Waals surface area contributed by atoms with E-state index in [0.29, 0.717) is 27.2 Å². The summed E-state index contributed by atoms with van der Waals surface area (Å²) in [6, 6.07) is 10.1. The van der Waals surface area contributed by atoms with Crippen LogP contribution in [0.5, 0.6) is 5.75 Å². The molecule has 0 spiro atoms. The molecule has 1 N–H and O–H groups in total. The molecule has 0 aromatic heterocycles. The van der Waals surface area contributed by atoms with Crippen molar-refractivity contribution in [2.45, 2.75) is 19.4 Å². The highest BCUT2D eigenvalue weighted by Gasteiger charge is 2.34. The number of halogens is 3. The second kappa shape index (κ2) is 6.45. The average molecular weight is 346 g/mol. The highest BCUT2D eigenvalue weighted by Crippen LogP contribution is 2.42. The third-order valence-corrected chi connectivity index (χ3v) is 4.13. The summed E-state index contributed by atoms with van der Waals surface area (Å²) in [5, 5.41) is 11.7. The van der Waals surface area contributed by atoms with Crippen LogP contribution in [0.25, 0.3) is 0 Å². The Morgan fingerprint density at radius 1 is 1.00 bits per heavy atom. The van der Waals surface area contributed by atoms with E-state index >= 15 is 0 Å². The van der Waals surface area contributed by atoms with E-state index in [1.165, 1.54) is 6.07 Å². The molecule has 0 fully saturated rings. The Kier molecular flexibility index (Phi) is 5.05. The summed E-state index contributed by atoms with van der Waals surface area (Å²) < 4.78 is 5.91. The quantitative estimate of drug-likeness (QED) is 0.775. The fourth-order valence-electron chi connectivity index (χ4n) is 2.37. The van der Waals surface area contributed by atoms with E-state index in [0.717, 1.165) is 5.56 Å². The van der Waals surface area contributed by atoms with Crippen LogP contribution < -0.4 is 0 Å². The number of phenols is 1. The number of rotatable bonds is 4. The summed E-state index contributed by atoms with van der Waals surface area (Å²) in [5.41, 5.74) is 0.427. The first-order valence-corrected chi connectivity index (χ1v) is 7.60. The summed E-state index contributed by atoms with van der Waals surface area (Å²) in [6.45, 7) is 4.20. The molecule has 0 saturated heterocycles. The minimum atomic E-state index is -0.898. The van der Waals surface area contributed by atoms with Crippen molar-refractivity contribution in [3.05, 3.63) is 62.6 Å². The summed E-state index contributed by atoms with van der Waals surface area (Å²) in [7, 11) is 0. The van der Waals surface area contributed by atoms with E-state index in [4.69, 9.17) is 39.5 Å². The lowest BCUT2D eigenvalue weighted by atomic mass is 9.87. The topological polar surface area (TPSA) is 29.5 Å². The van der Waals surface area contributed by atoms with Gasteiger partial charge in [-0.25, -0.2) is 0 Å². The first-order chi connectivity index (χ1) is 9.88. The molecule has 0 saturated carbocycles. The molecule has 112 valence electrons. The van der Waals surface area contributed by atoms with Gasteiger partial charge >= 0.3 is 0 Å². The molecule has 0 radical (unpaired) electrons. The van der Waals surface area contributed by atoms with E-state index in [1.54, 1.807) is 30.3 Å². The zero-order valence-corrected chi connectivity index (χ0v) is 13.9. The van der Waals surface area contributed by atoms with Crippen molar-refractivity contribution >= 4 is 34.8 Å². The van der Waals surface area contributed by atoms with Crippen LogP contribution in [0.15, 0.2) is 36.4 Å². The van der Waals surface area contributed by atoms with Crippen molar-refractivity contribution < 1.29 is 9.84 Å². The lowest BCUT2D eigenvalue weighted by Gasteiger charge is -2.32. The second-order valence-electron chi connectivity index (χ2n) is 4.75. The molecule has 1 unspecified atom stereocenters. The fraction of sp³-hybridized carbons (Fsp3) is 0.250. The predicted molar refractivity (Wildman–Crippen MR) is 87.7 cm³/mol. The molecule has 0 heterocycles. The summed E-state index contributed by atoms with van der Waals surface area (Å²) in [4.78, 5) is 0. The van der Waals surface area contributed by atoms with Gasteiger partial charge in [-0.05, 0) is 38.1 Å². The number of hydrogen-bond donors (Lipinski definition) is 1. The first-order valence-electron chi connectivity index (χ1n) is 6.47. The van der Waals surface area contributed by atoms with Crippen LogP contribution in [0.3, 0.4) is 0 Å². The highest BCUT2D eigenvalue weighted by atomic mass is 35.5. The molecular weight excluding hydrogens is 331 g/mol. The maximum Gasteiger partial charge on any atom is 0.123 e. The molecule has 21 heavy (non-hydrogen) atoms. The van der Waals surface area contributed by atoms with E-state index in [1.807, 2.05) is 13.8 Å². The van der Waals surface area contributed by atoms with Gasteiger partial charge in [0.2, 0.25) is 0 Å². The van der Waals surface area contributed by atoms with Gasteiger partial charge in [0.15, 0.2) is 0 Å². The number of ether oxygens (including phenoxy) is 1. The van der Waals surface area contributed by atoms with E-state index in [2.05, 4.69) is 0 Å². The molecule has 0 aliphatic heterocycles. The van der Waals surface area contributed by atoms with Crippen LogP contribution in [0.4, 0.5) is 0 Å². The van der Waals surface area contributed by atoms with Gasteiger partial charge in [-0.15, -0.1) is 0 Å². The minimum Gasteiger partial charge on any atom is -0.507 e. The lowest BCUT2D eigenvalue weighted by Crippen LogP contribution is -2.28. The Hall–Kier alpha value is -0.930. The van der Waals surface area contributed by atoms with Gasteiger partial charge in [0.05, 0.1) is 0 Å². The number of benzene rings is 2. The van der Waals surface area contributed by atoms with Crippen LogP contribution in [0.2, 0.25) is 15.1 Å². The zero-order chi connectivity index (χ0) is 15.6. The Morgan fingerprint density at radius 2 is 1.57 bits per heavy atom. The number of phenolic OH excluding ortho intramolecular Hbond substituents is 1. The molecule has 0 aliphatic carbocycles. The van der Waals surface area contributed by atoms with Gasteiger partial charge in [-0.2, -0.15) is 0 Å². The van der Waals surface area contributed by atoms with Gasteiger partial charge in [0.25, 0.3) is 0 Å². The number of hydrogen-bond acceptors (Lipinski definition) is 2. The number of aromatic hydroxyl groups is 1. The molecule has 0 amide bonds. The molecule has 0 bridgehead atoms. The SMILES string of the molecule is CCOC(C)(c1ccc(Cl)cc1O)c1ccc(Cl)cc1Cl. The monoisotopic (exact) mass is 344 g/mol. The van der Waals surface area contributed by atoms with E-state index < -0.39 is 5.60 Å². The molecule has 2 rings (SSSR count). The van der Waals surface area contributed by atoms with Crippen LogP contribution in [0, 0.1) is 0 Å². The van der Waals surface area contributed by atoms with Gasteiger partial charge in [0, 0.05) is 32.8 Å². The predicted octanol–water partition coefficient (Wildman–Crippen LogP) is 5.65. The van der Waals surface area contributed by atoms with E-state index in [9.17, 15) is 5.11 Å². The van der Waals surface area contributed by atoms with Crippen LogP contribution in [0.1, 0.15) is 25.0 Å². The average Bonchev–Trinajstić information content (AvgIpc) is 2.38. The highest BCUT2D eigenvalue weighted by molar-refractivity contribution is 6.35. The third-order valence-electron chi connectivity index (χ3n) is 3.35. The van der Waals surface area contributed by atoms with Crippen LogP contribution in [-0.2, 0) is 10.3 Å². The second-order valence-corrected chi connectivity index (χ2v) is 6.03. The smallest absolute Gasteiger partial charge is 0.123 e. The standard InChI is InChI=1S/C16H15Cl3O2/c1-3-21-16(2,12-6-4-10(17)8-14(12)19)13-7-5-11(18)9-15(13)20/h4-9,20H,3H2,1-2H3. The van der Waals surface area contributed by atoms with Crippen molar-refractivity contribution in [2.24, 2.45) is 0 Å². The first kappa shape index (κ1) is 16.4. The van der Waals surface area contributed by atoms with Crippen molar-refractivity contribution in [3.63, 3.8) is 0 Å². The Morgan fingerprint density at radius 3 is 2.10 bits per heavy atom. The van der Waals surface area contributed by atoms with Crippen molar-refractivity contribution in [2.75, 3.05) is 6.61 Å².